The van der Waals surface area contributed by atoms with Crippen molar-refractivity contribution in [1.82, 2.24) is 9.78 Å². The Morgan fingerprint density at radius 2 is 2.10 bits per heavy atom. The summed E-state index contributed by atoms with van der Waals surface area (Å²) in [6, 6.07) is 3.26. The highest BCUT2D eigenvalue weighted by atomic mass is 35.5. The summed E-state index contributed by atoms with van der Waals surface area (Å²) in [6.45, 7) is 3.34. The lowest BCUT2D eigenvalue weighted by Crippen LogP contribution is -2.06. The van der Waals surface area contributed by atoms with Gasteiger partial charge in [0.05, 0.1) is 22.5 Å². The maximum atomic E-state index is 12.5. The lowest BCUT2D eigenvalue weighted by Gasteiger charge is -2.11. The first kappa shape index (κ1) is 15.7. The van der Waals surface area contributed by atoms with Gasteiger partial charge in [0.15, 0.2) is 0 Å². The molecule has 3 nitrogen and oxygen atoms in total. The van der Waals surface area contributed by atoms with E-state index in [1.54, 1.807) is 6.20 Å². The van der Waals surface area contributed by atoms with E-state index in [-0.39, 0.29) is 5.02 Å². The van der Waals surface area contributed by atoms with Crippen molar-refractivity contribution < 1.29 is 13.2 Å². The quantitative estimate of drug-likeness (QED) is 0.875. The number of halogens is 4. The van der Waals surface area contributed by atoms with Gasteiger partial charge in [0.2, 0.25) is 0 Å². The summed E-state index contributed by atoms with van der Waals surface area (Å²) in [7, 11) is 0. The highest BCUT2D eigenvalue weighted by molar-refractivity contribution is 6.33. The Kier molecular flexibility index (Phi) is 4.77. The second-order valence-corrected chi connectivity index (χ2v) is 5.06. The van der Waals surface area contributed by atoms with E-state index in [9.17, 15) is 13.2 Å². The Morgan fingerprint density at radius 1 is 1.33 bits per heavy atom. The monoisotopic (exact) mass is 317 g/mol. The van der Waals surface area contributed by atoms with Crippen LogP contribution in [0.3, 0.4) is 0 Å². The smallest absolute Gasteiger partial charge is 0.380 e. The van der Waals surface area contributed by atoms with Gasteiger partial charge in [-0.15, -0.1) is 0 Å². The van der Waals surface area contributed by atoms with Gasteiger partial charge in [0, 0.05) is 24.8 Å². The molecular weight excluding hydrogens is 303 g/mol. The van der Waals surface area contributed by atoms with Gasteiger partial charge in [-0.05, 0) is 24.6 Å². The van der Waals surface area contributed by atoms with Crippen LogP contribution in [0.4, 0.5) is 18.9 Å². The summed E-state index contributed by atoms with van der Waals surface area (Å²) in [4.78, 5) is 0. The Bertz CT molecular complexity index is 608. The van der Waals surface area contributed by atoms with E-state index in [2.05, 4.69) is 17.3 Å². The number of nitrogens with zero attached hydrogens (tertiary/aromatic N) is 2. The Hall–Kier alpha value is -1.69. The lowest BCUT2D eigenvalue weighted by molar-refractivity contribution is -0.137. The van der Waals surface area contributed by atoms with Crippen molar-refractivity contribution in [1.29, 1.82) is 0 Å². The zero-order valence-electron chi connectivity index (χ0n) is 11.4. The number of hydrogen-bond donors (Lipinski definition) is 1. The predicted molar refractivity (Wildman–Crippen MR) is 76.3 cm³/mol. The van der Waals surface area contributed by atoms with Gasteiger partial charge in [-0.25, -0.2) is 0 Å². The second-order valence-electron chi connectivity index (χ2n) is 4.66. The molecule has 0 aliphatic heterocycles. The van der Waals surface area contributed by atoms with Crippen LogP contribution in [-0.4, -0.2) is 9.78 Å². The number of anilines is 1. The van der Waals surface area contributed by atoms with E-state index in [0.717, 1.165) is 30.7 Å². The van der Waals surface area contributed by atoms with Crippen LogP contribution in [0.5, 0.6) is 0 Å². The molecule has 0 aliphatic rings. The number of hydrogen-bond acceptors (Lipinski definition) is 2. The molecule has 0 fully saturated rings. The summed E-state index contributed by atoms with van der Waals surface area (Å²) in [5.41, 5.74) is 0.654. The summed E-state index contributed by atoms with van der Waals surface area (Å²) in [5.74, 6) is 0. The topological polar surface area (TPSA) is 29.9 Å². The van der Waals surface area contributed by atoms with Crippen LogP contribution in [-0.2, 0) is 19.3 Å². The zero-order chi connectivity index (χ0) is 15.5. The first-order chi connectivity index (χ1) is 9.90. The van der Waals surface area contributed by atoms with Crippen molar-refractivity contribution in [3.8, 4) is 0 Å². The first-order valence-electron chi connectivity index (χ1n) is 6.52. The molecule has 0 unspecified atom stereocenters. The van der Waals surface area contributed by atoms with Crippen molar-refractivity contribution >= 4 is 17.3 Å². The molecule has 0 bridgehead atoms. The third kappa shape index (κ3) is 4.14. The fraction of sp³-hybridized carbons (Fsp3) is 0.357. The van der Waals surface area contributed by atoms with Crippen LogP contribution in [0, 0.1) is 0 Å². The maximum Gasteiger partial charge on any atom is 0.416 e. The lowest BCUT2D eigenvalue weighted by atomic mass is 10.2. The SMILES string of the molecule is CCCn1cc(CNc2ccc(C(F)(F)F)cc2Cl)cn1. The summed E-state index contributed by atoms with van der Waals surface area (Å²) in [5, 5.41) is 7.24. The van der Waals surface area contributed by atoms with E-state index in [4.69, 9.17) is 11.6 Å². The van der Waals surface area contributed by atoms with Crippen LogP contribution < -0.4 is 5.32 Å². The van der Waals surface area contributed by atoms with Gasteiger partial charge in [0.25, 0.3) is 0 Å². The average molecular weight is 318 g/mol. The third-order valence-corrected chi connectivity index (χ3v) is 3.23. The van der Waals surface area contributed by atoms with Crippen molar-refractivity contribution in [2.45, 2.75) is 32.6 Å². The molecule has 0 radical (unpaired) electrons. The maximum absolute atomic E-state index is 12.5. The van der Waals surface area contributed by atoms with Crippen LogP contribution >= 0.6 is 11.6 Å². The molecule has 0 spiro atoms. The molecule has 2 aromatic rings. The molecule has 1 aromatic heterocycles. The minimum atomic E-state index is -4.39. The molecule has 7 heteroatoms. The fourth-order valence-corrected chi connectivity index (χ4v) is 2.13. The van der Waals surface area contributed by atoms with Crippen molar-refractivity contribution in [3.63, 3.8) is 0 Å². The molecule has 0 saturated heterocycles. The minimum absolute atomic E-state index is 0.0470. The van der Waals surface area contributed by atoms with Crippen molar-refractivity contribution in [2.75, 3.05) is 5.32 Å². The molecule has 0 amide bonds. The normalized spacial score (nSPS) is 11.7. The highest BCUT2D eigenvalue weighted by Crippen LogP contribution is 2.33. The molecule has 0 atom stereocenters. The van der Waals surface area contributed by atoms with Gasteiger partial charge in [-0.3, -0.25) is 4.68 Å². The molecule has 1 N–H and O–H groups in total. The molecule has 1 heterocycles. The number of alkyl halides is 3. The highest BCUT2D eigenvalue weighted by Gasteiger charge is 2.30. The summed E-state index contributed by atoms with van der Waals surface area (Å²) < 4.78 is 39.4. The van der Waals surface area contributed by atoms with Crippen LogP contribution in [0.15, 0.2) is 30.6 Å². The molecule has 0 saturated carbocycles. The molecule has 1 aromatic carbocycles. The van der Waals surface area contributed by atoms with Gasteiger partial charge in [-0.2, -0.15) is 18.3 Å². The number of rotatable bonds is 5. The van der Waals surface area contributed by atoms with Gasteiger partial charge in [-0.1, -0.05) is 18.5 Å². The van der Waals surface area contributed by atoms with E-state index in [1.165, 1.54) is 6.07 Å². The Balaban J connectivity index is 2.02. The fourth-order valence-electron chi connectivity index (χ4n) is 1.88. The van der Waals surface area contributed by atoms with Crippen molar-refractivity contribution in [2.24, 2.45) is 0 Å². The van der Waals surface area contributed by atoms with E-state index < -0.39 is 11.7 Å². The minimum Gasteiger partial charge on any atom is -0.380 e. The second kappa shape index (κ2) is 6.39. The number of aryl methyl sites for hydroxylation is 1. The molecule has 0 aliphatic carbocycles. The molecular formula is C14H15ClF3N3. The Labute approximate surface area is 125 Å². The zero-order valence-corrected chi connectivity index (χ0v) is 12.2. The number of nitrogens with one attached hydrogen (secondary N) is 1. The standard InChI is InChI=1S/C14H15ClF3N3/c1-2-5-21-9-10(8-20-21)7-19-13-4-3-11(6-12(13)15)14(16,17)18/h3-4,6,8-9,19H,2,5,7H2,1H3. The summed E-state index contributed by atoms with van der Waals surface area (Å²) in [6.07, 6.45) is 0.220. The largest absolute Gasteiger partial charge is 0.416 e. The molecule has 21 heavy (non-hydrogen) atoms. The molecule has 114 valence electrons. The third-order valence-electron chi connectivity index (χ3n) is 2.92. The first-order valence-corrected chi connectivity index (χ1v) is 6.90. The van der Waals surface area contributed by atoms with E-state index in [1.807, 2.05) is 10.9 Å². The van der Waals surface area contributed by atoms with Gasteiger partial charge < -0.3 is 5.32 Å². The summed E-state index contributed by atoms with van der Waals surface area (Å²) >= 11 is 5.87. The predicted octanol–water partition coefficient (Wildman–Crippen LogP) is 4.58. The van der Waals surface area contributed by atoms with Crippen LogP contribution in [0.2, 0.25) is 5.02 Å². The van der Waals surface area contributed by atoms with Gasteiger partial charge in [0.1, 0.15) is 0 Å². The van der Waals surface area contributed by atoms with Gasteiger partial charge >= 0.3 is 6.18 Å². The van der Waals surface area contributed by atoms with Crippen LogP contribution in [0.1, 0.15) is 24.5 Å². The Morgan fingerprint density at radius 3 is 2.71 bits per heavy atom. The van der Waals surface area contributed by atoms with E-state index >= 15 is 0 Å². The van der Waals surface area contributed by atoms with Crippen LogP contribution in [0.25, 0.3) is 0 Å². The number of benzene rings is 1. The molecule has 2 rings (SSSR count). The van der Waals surface area contributed by atoms with E-state index in [0.29, 0.717) is 12.2 Å². The average Bonchev–Trinajstić information content (AvgIpc) is 2.84. The van der Waals surface area contributed by atoms with Crippen molar-refractivity contribution in [3.05, 3.63) is 46.7 Å². The number of aromatic nitrogens is 2.